The number of benzene rings is 1. The number of sulfonamides is 2. The van der Waals surface area contributed by atoms with Crippen LogP contribution < -0.4 is 10.5 Å². The number of carbonyl (C=O) groups is 1. The van der Waals surface area contributed by atoms with Crippen molar-refractivity contribution in [3.05, 3.63) is 40.8 Å². The Bertz CT molecular complexity index is 1060. The molecule has 0 amide bonds. The maximum Gasteiger partial charge on any atom is 0.340 e. The van der Waals surface area contributed by atoms with Gasteiger partial charge in [-0.1, -0.05) is 0 Å². The van der Waals surface area contributed by atoms with Crippen molar-refractivity contribution in [2.45, 2.75) is 15.6 Å². The molecule has 0 bridgehead atoms. The topological polar surface area (TPSA) is 136 Å². The third kappa shape index (κ3) is 4.84. The lowest BCUT2D eigenvalue weighted by Crippen LogP contribution is -2.21. The van der Waals surface area contributed by atoms with Crippen molar-refractivity contribution in [1.29, 1.82) is 0 Å². The number of hydrogen-bond acceptors (Lipinski definition) is 8. The summed E-state index contributed by atoms with van der Waals surface area (Å²) in [7, 11) is -3.43. The van der Waals surface area contributed by atoms with Crippen molar-refractivity contribution in [2.75, 3.05) is 26.5 Å². The van der Waals surface area contributed by atoms with Crippen LogP contribution in [0.5, 0.6) is 0 Å². The fourth-order valence-electron chi connectivity index (χ4n) is 2.09. The van der Waals surface area contributed by atoms with Gasteiger partial charge in [0.2, 0.25) is 10.0 Å². The number of nitrogens with zero attached hydrogens (tertiary/aromatic N) is 1. The summed E-state index contributed by atoms with van der Waals surface area (Å²) in [6.45, 7) is 0.229. The van der Waals surface area contributed by atoms with Crippen LogP contribution in [-0.4, -0.2) is 48.3 Å². The minimum absolute atomic E-state index is 0.00159. The Labute approximate surface area is 161 Å². The van der Waals surface area contributed by atoms with Gasteiger partial charge in [-0.05, 0) is 30.3 Å². The molecule has 9 nitrogen and oxygen atoms in total. The molecule has 148 valence electrons. The van der Waals surface area contributed by atoms with E-state index in [0.717, 1.165) is 21.7 Å². The lowest BCUT2D eigenvalue weighted by Gasteiger charge is -2.11. The summed E-state index contributed by atoms with van der Waals surface area (Å²) in [6, 6.07) is 6.95. The molecule has 2 rings (SSSR count). The summed E-state index contributed by atoms with van der Waals surface area (Å²) in [4.78, 5) is 12.4. The van der Waals surface area contributed by atoms with E-state index in [1.807, 2.05) is 0 Å². The first-order valence-corrected chi connectivity index (χ1v) is 11.3. The van der Waals surface area contributed by atoms with E-state index in [2.05, 4.69) is 10.1 Å². The van der Waals surface area contributed by atoms with Crippen molar-refractivity contribution >= 4 is 43.0 Å². The second-order valence-corrected chi connectivity index (χ2v) is 10.7. The average molecular weight is 434 g/mol. The monoisotopic (exact) mass is 433 g/mol. The van der Waals surface area contributed by atoms with Gasteiger partial charge >= 0.3 is 5.97 Å². The number of esters is 1. The molecular formula is C15H19N3O6S3. The number of rotatable bonds is 7. The molecule has 0 saturated carbocycles. The van der Waals surface area contributed by atoms with Crippen LogP contribution in [0.2, 0.25) is 0 Å². The molecular weight excluding hydrogens is 414 g/mol. The smallest absolute Gasteiger partial charge is 0.340 e. The van der Waals surface area contributed by atoms with Crippen molar-refractivity contribution in [2.24, 2.45) is 5.14 Å². The van der Waals surface area contributed by atoms with E-state index in [1.165, 1.54) is 39.4 Å². The second kappa shape index (κ2) is 7.94. The van der Waals surface area contributed by atoms with Gasteiger partial charge in [-0.15, -0.1) is 11.3 Å². The van der Waals surface area contributed by atoms with Gasteiger partial charge in [0, 0.05) is 31.2 Å². The van der Waals surface area contributed by atoms with Gasteiger partial charge in [-0.3, -0.25) is 0 Å². The van der Waals surface area contributed by atoms with E-state index in [4.69, 9.17) is 5.14 Å². The molecule has 0 radical (unpaired) electrons. The summed E-state index contributed by atoms with van der Waals surface area (Å²) in [6.07, 6.45) is 0. The van der Waals surface area contributed by atoms with Crippen LogP contribution in [0, 0.1) is 0 Å². The van der Waals surface area contributed by atoms with Crippen molar-refractivity contribution < 1.29 is 26.4 Å². The molecule has 12 heteroatoms. The van der Waals surface area contributed by atoms with Gasteiger partial charge in [0.1, 0.15) is 4.21 Å². The molecule has 0 aliphatic carbocycles. The number of methoxy groups -OCH3 is 1. The standard InChI is InChI=1S/C15H19N3O6S3/c1-18(2)27(22,23)14-7-4-10(25-14)9-17-13-6-5-11(26(16,20)21)8-12(13)15(19)24-3/h4-8,17H,9H2,1-3H3,(H2,16,20,21). The summed E-state index contributed by atoms with van der Waals surface area (Å²) >= 11 is 1.09. The Morgan fingerprint density at radius 3 is 2.41 bits per heavy atom. The van der Waals surface area contributed by atoms with Crippen LogP contribution in [0.25, 0.3) is 0 Å². The fraction of sp³-hybridized carbons (Fsp3) is 0.267. The molecule has 1 heterocycles. The highest BCUT2D eigenvalue weighted by molar-refractivity contribution is 7.91. The van der Waals surface area contributed by atoms with Crippen LogP contribution in [-0.2, 0) is 31.3 Å². The number of nitrogens with two attached hydrogens (primary N) is 1. The Hall–Kier alpha value is -1.99. The van der Waals surface area contributed by atoms with Gasteiger partial charge in [0.15, 0.2) is 0 Å². The molecule has 0 saturated heterocycles. The van der Waals surface area contributed by atoms with Gasteiger partial charge in [-0.2, -0.15) is 0 Å². The summed E-state index contributed by atoms with van der Waals surface area (Å²) < 4.78 is 53.2. The van der Waals surface area contributed by atoms with Crippen LogP contribution in [0.15, 0.2) is 39.4 Å². The molecule has 0 spiro atoms. The van der Waals surface area contributed by atoms with Gasteiger partial charge < -0.3 is 10.1 Å². The normalized spacial score (nSPS) is 12.2. The Morgan fingerprint density at radius 2 is 1.85 bits per heavy atom. The molecule has 27 heavy (non-hydrogen) atoms. The molecule has 1 aromatic heterocycles. The highest BCUT2D eigenvalue weighted by atomic mass is 32.2. The number of hydrogen-bond donors (Lipinski definition) is 2. The van der Waals surface area contributed by atoms with E-state index >= 15 is 0 Å². The molecule has 0 aliphatic rings. The van der Waals surface area contributed by atoms with Crippen LogP contribution in [0.4, 0.5) is 5.69 Å². The Kier molecular flexibility index (Phi) is 6.27. The summed E-state index contributed by atoms with van der Waals surface area (Å²) in [5, 5.41) is 8.07. The first-order chi connectivity index (χ1) is 12.5. The Morgan fingerprint density at radius 1 is 1.19 bits per heavy atom. The zero-order chi connectivity index (χ0) is 20.4. The van der Waals surface area contributed by atoms with Crippen LogP contribution in [0.1, 0.15) is 15.2 Å². The lowest BCUT2D eigenvalue weighted by atomic mass is 10.1. The largest absolute Gasteiger partial charge is 0.465 e. The molecule has 1 aromatic carbocycles. The van der Waals surface area contributed by atoms with Crippen LogP contribution in [0.3, 0.4) is 0 Å². The first-order valence-electron chi connectivity index (χ1n) is 7.47. The minimum atomic E-state index is -3.98. The van der Waals surface area contributed by atoms with E-state index in [9.17, 15) is 21.6 Å². The lowest BCUT2D eigenvalue weighted by molar-refractivity contribution is 0.0601. The third-order valence-electron chi connectivity index (χ3n) is 3.55. The molecule has 0 fully saturated rings. The highest BCUT2D eigenvalue weighted by Gasteiger charge is 2.20. The third-order valence-corrected chi connectivity index (χ3v) is 7.83. The molecule has 2 aromatic rings. The van der Waals surface area contributed by atoms with E-state index in [1.54, 1.807) is 6.07 Å². The minimum Gasteiger partial charge on any atom is -0.465 e. The zero-order valence-electron chi connectivity index (χ0n) is 14.8. The molecule has 3 N–H and O–H groups in total. The number of ether oxygens (including phenoxy) is 1. The van der Waals surface area contributed by atoms with Gasteiger partial charge in [0.25, 0.3) is 10.0 Å². The van der Waals surface area contributed by atoms with E-state index < -0.39 is 26.0 Å². The Balaban J connectivity index is 2.28. The van der Waals surface area contributed by atoms with Gasteiger partial charge in [0.05, 0.1) is 17.6 Å². The number of thiophene rings is 1. The summed E-state index contributed by atoms with van der Waals surface area (Å²) in [5.41, 5.74) is 0.335. The van der Waals surface area contributed by atoms with Crippen molar-refractivity contribution in [1.82, 2.24) is 4.31 Å². The highest BCUT2D eigenvalue weighted by Crippen LogP contribution is 2.26. The SMILES string of the molecule is COC(=O)c1cc(S(N)(=O)=O)ccc1NCc1ccc(S(=O)(=O)N(C)C)s1. The maximum absolute atomic E-state index is 12.1. The fourth-order valence-corrected chi connectivity index (χ4v) is 5.09. The first kappa shape index (κ1) is 21.3. The number of carbonyl (C=O) groups excluding carboxylic acids is 1. The second-order valence-electron chi connectivity index (χ2n) is 5.61. The number of anilines is 1. The zero-order valence-corrected chi connectivity index (χ0v) is 17.2. The molecule has 0 aliphatic heterocycles. The van der Waals surface area contributed by atoms with E-state index in [0.29, 0.717) is 10.6 Å². The average Bonchev–Trinajstić information content (AvgIpc) is 3.07. The predicted octanol–water partition coefficient (Wildman–Crippen LogP) is 1.04. The molecule has 0 unspecified atom stereocenters. The van der Waals surface area contributed by atoms with Gasteiger partial charge in [-0.25, -0.2) is 31.1 Å². The van der Waals surface area contributed by atoms with Crippen LogP contribution >= 0.6 is 11.3 Å². The molecule has 0 atom stereocenters. The maximum atomic E-state index is 12.1. The van der Waals surface area contributed by atoms with Crippen molar-refractivity contribution in [3.8, 4) is 0 Å². The number of primary sulfonamides is 1. The van der Waals surface area contributed by atoms with Crippen molar-refractivity contribution in [3.63, 3.8) is 0 Å². The predicted molar refractivity (Wildman–Crippen MR) is 102 cm³/mol. The van der Waals surface area contributed by atoms with E-state index in [-0.39, 0.29) is 21.2 Å². The number of nitrogens with one attached hydrogen (secondary N) is 1. The quantitative estimate of drug-likeness (QED) is 0.623. The summed E-state index contributed by atoms with van der Waals surface area (Å²) in [5.74, 6) is -0.731.